The summed E-state index contributed by atoms with van der Waals surface area (Å²) in [7, 11) is 0. The summed E-state index contributed by atoms with van der Waals surface area (Å²) in [6, 6.07) is 14.5. The topological polar surface area (TPSA) is 94.2 Å². The highest BCUT2D eigenvalue weighted by Gasteiger charge is 2.28. The van der Waals surface area contributed by atoms with Crippen molar-refractivity contribution >= 4 is 45.1 Å². The molecule has 0 radical (unpaired) electrons. The van der Waals surface area contributed by atoms with Gasteiger partial charge in [-0.2, -0.15) is 0 Å². The van der Waals surface area contributed by atoms with E-state index in [1.165, 1.54) is 0 Å². The lowest BCUT2D eigenvalue weighted by Gasteiger charge is -2.31. The molecule has 36 heavy (non-hydrogen) atoms. The number of Topliss-reactive ketones (excluding diaryl/α,β-unsaturated/α-hetero) is 1. The van der Waals surface area contributed by atoms with Crippen LogP contribution < -0.4 is 10.9 Å². The molecule has 2 aromatic heterocycles. The van der Waals surface area contributed by atoms with Crippen LogP contribution in [0.3, 0.4) is 0 Å². The fourth-order valence-corrected chi connectivity index (χ4v) is 5.62. The summed E-state index contributed by atoms with van der Waals surface area (Å²) in [5.41, 5.74) is 1.76. The Hall–Kier alpha value is -3.45. The Morgan fingerprint density at radius 2 is 1.89 bits per heavy atom. The molecule has 1 amide bonds. The normalized spacial score (nSPS) is 17.9. The van der Waals surface area contributed by atoms with E-state index >= 15 is 0 Å². The first-order valence-electron chi connectivity index (χ1n) is 12.4. The van der Waals surface area contributed by atoms with Crippen molar-refractivity contribution in [3.8, 4) is 0 Å². The molecule has 0 aliphatic heterocycles. The predicted octanol–water partition coefficient (Wildman–Crippen LogP) is 5.62. The molecule has 2 atom stereocenters. The summed E-state index contributed by atoms with van der Waals surface area (Å²) >= 11 is 6.54. The molecule has 0 saturated heterocycles. The molecular weight excluding hydrogens is 478 g/mol. The van der Waals surface area contributed by atoms with E-state index in [0.29, 0.717) is 33.8 Å². The monoisotopic (exact) mass is 505 g/mol. The number of halogens is 1. The van der Waals surface area contributed by atoms with E-state index in [1.54, 1.807) is 25.1 Å². The largest absolute Gasteiger partial charge is 0.360 e. The average Bonchev–Trinajstić information content (AvgIpc) is 3.28. The number of hydrogen-bond acceptors (Lipinski definition) is 5. The number of nitrogens with one attached hydrogen (secondary N) is 1. The van der Waals surface area contributed by atoms with Crippen molar-refractivity contribution in [1.29, 1.82) is 0 Å². The molecule has 1 fully saturated rings. The lowest BCUT2D eigenvalue weighted by molar-refractivity contribution is -0.121. The highest BCUT2D eigenvalue weighted by molar-refractivity contribution is 6.37. The molecular formula is C28H28ClN3O4. The summed E-state index contributed by atoms with van der Waals surface area (Å²) in [6.45, 7) is 2.27. The minimum absolute atomic E-state index is 0.0209. The number of nitrogens with zero attached hydrogens (tertiary/aromatic N) is 2. The fraction of sp³-hybridized carbons (Fsp3) is 0.357. The van der Waals surface area contributed by atoms with Gasteiger partial charge in [-0.15, -0.1) is 0 Å². The van der Waals surface area contributed by atoms with Gasteiger partial charge in [0, 0.05) is 36.4 Å². The van der Waals surface area contributed by atoms with Crippen molar-refractivity contribution in [3.63, 3.8) is 0 Å². The van der Waals surface area contributed by atoms with Crippen LogP contribution in [0.2, 0.25) is 5.02 Å². The van der Waals surface area contributed by atoms with Gasteiger partial charge in [0.05, 0.1) is 10.5 Å². The van der Waals surface area contributed by atoms with Gasteiger partial charge in [-0.25, -0.2) is 0 Å². The summed E-state index contributed by atoms with van der Waals surface area (Å²) in [6.07, 6.45) is 3.90. The van der Waals surface area contributed by atoms with Crippen LogP contribution in [0.15, 0.2) is 57.8 Å². The summed E-state index contributed by atoms with van der Waals surface area (Å²) in [4.78, 5) is 38.3. The van der Waals surface area contributed by atoms with E-state index in [4.69, 9.17) is 16.1 Å². The maximum atomic E-state index is 13.6. The van der Waals surface area contributed by atoms with Crippen LogP contribution in [0.1, 0.15) is 60.7 Å². The molecule has 8 heteroatoms. The number of fused-ring (bicyclic) bond motifs is 3. The Morgan fingerprint density at radius 1 is 1.08 bits per heavy atom. The first-order chi connectivity index (χ1) is 17.4. The molecule has 186 valence electrons. The number of rotatable bonds is 7. The number of aromatic nitrogens is 2. The Kier molecular flexibility index (Phi) is 6.92. The number of amides is 1. The highest BCUT2D eigenvalue weighted by atomic mass is 35.5. The van der Waals surface area contributed by atoms with Gasteiger partial charge < -0.3 is 14.4 Å². The van der Waals surface area contributed by atoms with Gasteiger partial charge in [0.25, 0.3) is 5.56 Å². The molecule has 0 bridgehead atoms. The second-order valence-corrected chi connectivity index (χ2v) is 9.96. The summed E-state index contributed by atoms with van der Waals surface area (Å²) in [5, 5.41) is 8.85. The molecule has 1 aliphatic rings. The molecule has 1 N–H and O–H groups in total. The minimum Gasteiger partial charge on any atom is -0.360 e. The SMILES string of the molecule is Cc1onc2c1c(=O)n([C@@H]1CCC[C@H](CNC(=O)CCC(=O)c3ccccc3)C1)c1cccc(Cl)c21. The van der Waals surface area contributed by atoms with Crippen LogP contribution in [-0.2, 0) is 4.79 Å². The van der Waals surface area contributed by atoms with E-state index in [0.717, 1.165) is 36.6 Å². The van der Waals surface area contributed by atoms with Gasteiger partial charge >= 0.3 is 0 Å². The van der Waals surface area contributed by atoms with Crippen LogP contribution in [0.5, 0.6) is 0 Å². The molecule has 2 aromatic carbocycles. The van der Waals surface area contributed by atoms with Gasteiger partial charge in [0.1, 0.15) is 16.7 Å². The second kappa shape index (κ2) is 10.3. The van der Waals surface area contributed by atoms with Crippen LogP contribution in [0, 0.1) is 12.8 Å². The molecule has 0 unspecified atom stereocenters. The van der Waals surface area contributed by atoms with E-state index < -0.39 is 0 Å². The zero-order valence-corrected chi connectivity index (χ0v) is 20.9. The molecule has 4 aromatic rings. The van der Waals surface area contributed by atoms with Crippen LogP contribution in [0.25, 0.3) is 21.8 Å². The number of carbonyl (C=O) groups excluding carboxylic acids is 2. The first kappa shape index (κ1) is 24.3. The van der Waals surface area contributed by atoms with Crippen molar-refractivity contribution in [1.82, 2.24) is 15.0 Å². The molecule has 2 heterocycles. The van der Waals surface area contributed by atoms with Gasteiger partial charge in [0.15, 0.2) is 5.78 Å². The molecule has 1 aliphatic carbocycles. The zero-order valence-electron chi connectivity index (χ0n) is 20.1. The van der Waals surface area contributed by atoms with Crippen LogP contribution in [-0.4, -0.2) is 28.0 Å². The average molecular weight is 506 g/mol. The van der Waals surface area contributed by atoms with Crippen molar-refractivity contribution in [2.24, 2.45) is 5.92 Å². The Morgan fingerprint density at radius 3 is 2.69 bits per heavy atom. The van der Waals surface area contributed by atoms with E-state index in [1.807, 2.05) is 34.9 Å². The third-order valence-electron chi connectivity index (χ3n) is 7.17. The Labute approximate surface area is 213 Å². The van der Waals surface area contributed by atoms with Gasteiger partial charge in [-0.1, -0.05) is 59.6 Å². The maximum absolute atomic E-state index is 13.6. The van der Waals surface area contributed by atoms with Gasteiger partial charge in [-0.05, 0) is 44.2 Å². The number of aryl methyl sites for hydroxylation is 1. The molecule has 0 spiro atoms. The third-order valence-corrected chi connectivity index (χ3v) is 7.48. The number of hydrogen-bond donors (Lipinski definition) is 1. The van der Waals surface area contributed by atoms with Crippen molar-refractivity contribution < 1.29 is 14.1 Å². The van der Waals surface area contributed by atoms with Crippen molar-refractivity contribution in [3.05, 3.63) is 75.2 Å². The third kappa shape index (κ3) is 4.67. The summed E-state index contributed by atoms with van der Waals surface area (Å²) in [5.74, 6) is 0.554. The van der Waals surface area contributed by atoms with Crippen LogP contribution in [0.4, 0.5) is 0 Å². The smallest absolute Gasteiger partial charge is 0.264 e. The van der Waals surface area contributed by atoms with Gasteiger partial charge in [-0.3, -0.25) is 14.4 Å². The molecule has 7 nitrogen and oxygen atoms in total. The van der Waals surface area contributed by atoms with Crippen molar-refractivity contribution in [2.45, 2.75) is 51.5 Å². The van der Waals surface area contributed by atoms with Crippen molar-refractivity contribution in [2.75, 3.05) is 6.54 Å². The lowest BCUT2D eigenvalue weighted by Crippen LogP contribution is -2.34. The number of benzene rings is 2. The van der Waals surface area contributed by atoms with E-state index in [2.05, 4.69) is 10.5 Å². The van der Waals surface area contributed by atoms with E-state index in [9.17, 15) is 14.4 Å². The molecule has 1 saturated carbocycles. The minimum atomic E-state index is -0.127. The second-order valence-electron chi connectivity index (χ2n) is 9.55. The Balaban J connectivity index is 1.30. The number of carbonyl (C=O) groups is 2. The first-order valence-corrected chi connectivity index (χ1v) is 12.8. The summed E-state index contributed by atoms with van der Waals surface area (Å²) < 4.78 is 7.21. The number of ketones is 1. The standard InChI is InChI=1S/C28H28ClN3O4/c1-17-25-27(31-36-17)26-21(29)11-6-12-22(26)32(28(25)35)20-10-5-7-18(15-20)16-30-24(34)14-13-23(33)19-8-3-2-4-9-19/h2-4,6,8-9,11-12,18,20H,5,7,10,13-16H2,1H3,(H,30,34)/t18-,20+/m0/s1. The predicted molar refractivity (Wildman–Crippen MR) is 140 cm³/mol. The quantitative estimate of drug-likeness (QED) is 0.329. The maximum Gasteiger partial charge on any atom is 0.264 e. The van der Waals surface area contributed by atoms with Crippen LogP contribution >= 0.6 is 11.6 Å². The number of pyridine rings is 1. The van der Waals surface area contributed by atoms with E-state index in [-0.39, 0.29) is 42.1 Å². The van der Waals surface area contributed by atoms with Gasteiger partial charge in [0.2, 0.25) is 5.91 Å². The molecule has 5 rings (SSSR count). The lowest BCUT2D eigenvalue weighted by atomic mass is 9.85. The fourth-order valence-electron chi connectivity index (χ4n) is 5.36. The highest BCUT2D eigenvalue weighted by Crippen LogP contribution is 2.36. The zero-order chi connectivity index (χ0) is 25.2. The Bertz CT molecular complexity index is 1490.